The van der Waals surface area contributed by atoms with Crippen LogP contribution in [0.2, 0.25) is 0 Å². The molecule has 0 fully saturated rings. The van der Waals surface area contributed by atoms with Crippen LogP contribution in [0.3, 0.4) is 0 Å². The first kappa shape index (κ1) is 23.9. The van der Waals surface area contributed by atoms with Crippen molar-refractivity contribution in [3.8, 4) is 23.5 Å². The van der Waals surface area contributed by atoms with Gasteiger partial charge in [-0.05, 0) is 38.3 Å². The minimum Gasteiger partial charge on any atom is -0.481 e. The number of nitrogens with one attached hydrogen (secondary N) is 2. The van der Waals surface area contributed by atoms with E-state index in [2.05, 4.69) is 20.6 Å². The van der Waals surface area contributed by atoms with Crippen LogP contribution in [0, 0.1) is 5.92 Å². The Hall–Kier alpha value is -3.36. The van der Waals surface area contributed by atoms with Gasteiger partial charge in [0.25, 0.3) is 5.91 Å². The number of aromatic nitrogens is 2. The molecule has 0 radical (unpaired) electrons. The molecule has 1 heterocycles. The molecule has 0 aliphatic carbocycles. The summed E-state index contributed by atoms with van der Waals surface area (Å²) in [6.45, 7) is 7.73. The van der Waals surface area contributed by atoms with Crippen LogP contribution < -0.4 is 24.8 Å². The summed E-state index contributed by atoms with van der Waals surface area (Å²) in [5.41, 5.74) is 0.249. The number of amides is 2. The zero-order valence-electron chi connectivity index (χ0n) is 18.8. The van der Waals surface area contributed by atoms with Crippen molar-refractivity contribution in [3.63, 3.8) is 0 Å². The van der Waals surface area contributed by atoms with E-state index in [-0.39, 0.29) is 47.0 Å². The Morgan fingerprint density at radius 1 is 0.968 bits per heavy atom. The van der Waals surface area contributed by atoms with Gasteiger partial charge in [-0.25, -0.2) is 0 Å². The number of para-hydroxylation sites is 1. The fourth-order valence-corrected chi connectivity index (χ4v) is 2.80. The molecule has 2 amide bonds. The van der Waals surface area contributed by atoms with Crippen molar-refractivity contribution in [2.24, 2.45) is 5.92 Å². The minimum absolute atomic E-state index is 0.0325. The highest BCUT2D eigenvalue weighted by Crippen LogP contribution is 2.26. The molecule has 9 heteroatoms. The SMILES string of the molecule is COc1cc(OC)nc(Oc2ccccc2C(=O)NC(CC(C)C)C(=O)NC(C)C)n1. The molecule has 0 aliphatic rings. The van der Waals surface area contributed by atoms with E-state index < -0.39 is 11.9 Å². The molecule has 0 aliphatic heterocycles. The van der Waals surface area contributed by atoms with Crippen molar-refractivity contribution in [2.45, 2.75) is 46.2 Å². The Morgan fingerprint density at radius 3 is 2.13 bits per heavy atom. The molecule has 1 aromatic heterocycles. The Morgan fingerprint density at radius 2 is 1.58 bits per heavy atom. The van der Waals surface area contributed by atoms with Gasteiger partial charge in [0.15, 0.2) is 0 Å². The van der Waals surface area contributed by atoms with Gasteiger partial charge in [0, 0.05) is 6.04 Å². The van der Waals surface area contributed by atoms with Crippen LogP contribution in [-0.2, 0) is 4.79 Å². The molecule has 1 aromatic carbocycles. The van der Waals surface area contributed by atoms with Crippen LogP contribution >= 0.6 is 0 Å². The predicted molar refractivity (Wildman–Crippen MR) is 116 cm³/mol. The van der Waals surface area contributed by atoms with E-state index >= 15 is 0 Å². The molecule has 2 N–H and O–H groups in total. The lowest BCUT2D eigenvalue weighted by Crippen LogP contribution is -2.49. The van der Waals surface area contributed by atoms with Gasteiger partial charge in [-0.2, -0.15) is 9.97 Å². The third-order valence-corrected chi connectivity index (χ3v) is 4.17. The third-order valence-electron chi connectivity index (χ3n) is 4.17. The first-order chi connectivity index (χ1) is 14.7. The first-order valence-electron chi connectivity index (χ1n) is 10.1. The summed E-state index contributed by atoms with van der Waals surface area (Å²) < 4.78 is 16.0. The molecule has 31 heavy (non-hydrogen) atoms. The van der Waals surface area contributed by atoms with E-state index in [4.69, 9.17) is 14.2 Å². The molecular weight excluding hydrogens is 400 g/mol. The highest BCUT2D eigenvalue weighted by atomic mass is 16.5. The predicted octanol–water partition coefficient (Wildman–Crippen LogP) is 2.96. The van der Waals surface area contributed by atoms with E-state index in [1.54, 1.807) is 24.3 Å². The number of hydrogen-bond donors (Lipinski definition) is 2. The van der Waals surface area contributed by atoms with Crippen LogP contribution in [0.4, 0.5) is 0 Å². The number of ether oxygens (including phenoxy) is 3. The van der Waals surface area contributed by atoms with E-state index in [0.717, 1.165) is 0 Å². The maximum absolute atomic E-state index is 13.0. The summed E-state index contributed by atoms with van der Waals surface area (Å²) in [4.78, 5) is 33.8. The van der Waals surface area contributed by atoms with Gasteiger partial charge >= 0.3 is 6.01 Å². The topological polar surface area (TPSA) is 112 Å². The molecule has 168 valence electrons. The van der Waals surface area contributed by atoms with Crippen LogP contribution in [0.25, 0.3) is 0 Å². The summed E-state index contributed by atoms with van der Waals surface area (Å²) in [6, 6.07) is 7.43. The van der Waals surface area contributed by atoms with Gasteiger partial charge in [0.1, 0.15) is 11.8 Å². The molecule has 0 saturated carbocycles. The fourth-order valence-electron chi connectivity index (χ4n) is 2.80. The fraction of sp³-hybridized carbons (Fsp3) is 0.455. The summed E-state index contributed by atoms with van der Waals surface area (Å²) in [5.74, 6) is 0.304. The first-order valence-corrected chi connectivity index (χ1v) is 10.1. The summed E-state index contributed by atoms with van der Waals surface area (Å²) in [7, 11) is 2.92. The second-order valence-corrected chi connectivity index (χ2v) is 7.65. The number of methoxy groups -OCH3 is 2. The number of rotatable bonds is 10. The quantitative estimate of drug-likeness (QED) is 0.596. The molecule has 1 unspecified atom stereocenters. The molecule has 9 nitrogen and oxygen atoms in total. The van der Waals surface area contributed by atoms with E-state index in [9.17, 15) is 9.59 Å². The zero-order chi connectivity index (χ0) is 23.0. The van der Waals surface area contributed by atoms with Gasteiger partial charge in [0.05, 0.1) is 25.8 Å². The van der Waals surface area contributed by atoms with Crippen molar-refractivity contribution in [3.05, 3.63) is 35.9 Å². The van der Waals surface area contributed by atoms with Crippen molar-refractivity contribution >= 4 is 11.8 Å². The zero-order valence-corrected chi connectivity index (χ0v) is 18.8. The second kappa shape index (κ2) is 11.1. The number of hydrogen-bond acceptors (Lipinski definition) is 7. The van der Waals surface area contributed by atoms with Gasteiger partial charge in [-0.15, -0.1) is 0 Å². The van der Waals surface area contributed by atoms with Gasteiger partial charge in [-0.1, -0.05) is 26.0 Å². The molecule has 1 atom stereocenters. The van der Waals surface area contributed by atoms with Crippen molar-refractivity contribution in [2.75, 3.05) is 14.2 Å². The Labute approximate surface area is 182 Å². The van der Waals surface area contributed by atoms with Crippen molar-refractivity contribution in [1.29, 1.82) is 0 Å². The van der Waals surface area contributed by atoms with Gasteiger partial charge in [0.2, 0.25) is 17.7 Å². The Bertz CT molecular complexity index is 879. The largest absolute Gasteiger partial charge is 0.481 e. The maximum Gasteiger partial charge on any atom is 0.328 e. The van der Waals surface area contributed by atoms with E-state index in [0.29, 0.717) is 6.42 Å². The molecule has 2 rings (SSSR count). The van der Waals surface area contributed by atoms with E-state index in [1.807, 2.05) is 27.7 Å². The Balaban J connectivity index is 2.27. The van der Waals surface area contributed by atoms with Crippen LogP contribution in [0.15, 0.2) is 30.3 Å². The van der Waals surface area contributed by atoms with E-state index in [1.165, 1.54) is 20.3 Å². The number of carbonyl (C=O) groups excluding carboxylic acids is 2. The standard InChI is InChI=1S/C22H30N4O5/c1-13(2)11-16(21(28)23-14(3)4)24-20(27)15-9-7-8-10-17(15)31-22-25-18(29-5)12-19(26-22)30-6/h7-10,12-14,16H,11H2,1-6H3,(H,23,28)(H,24,27). The summed E-state index contributed by atoms with van der Waals surface area (Å²) in [6.07, 6.45) is 0.503. The molecule has 2 aromatic rings. The molecule has 0 spiro atoms. The summed E-state index contributed by atoms with van der Waals surface area (Å²) in [5, 5.41) is 5.67. The van der Waals surface area contributed by atoms with Gasteiger partial charge in [-0.3, -0.25) is 9.59 Å². The molecule has 0 saturated heterocycles. The van der Waals surface area contributed by atoms with Gasteiger partial charge < -0.3 is 24.8 Å². The van der Waals surface area contributed by atoms with Crippen LogP contribution in [-0.4, -0.2) is 48.1 Å². The lowest BCUT2D eigenvalue weighted by Gasteiger charge is -2.22. The second-order valence-electron chi connectivity index (χ2n) is 7.65. The lowest BCUT2D eigenvalue weighted by molar-refractivity contribution is -0.123. The average molecular weight is 431 g/mol. The maximum atomic E-state index is 13.0. The number of nitrogens with zero attached hydrogens (tertiary/aromatic N) is 2. The smallest absolute Gasteiger partial charge is 0.328 e. The Kier molecular flexibility index (Phi) is 8.60. The van der Waals surface area contributed by atoms with Crippen molar-refractivity contribution in [1.82, 2.24) is 20.6 Å². The average Bonchev–Trinajstić information content (AvgIpc) is 2.72. The molecular formula is C22H30N4O5. The minimum atomic E-state index is -0.670. The number of benzene rings is 1. The highest BCUT2D eigenvalue weighted by Gasteiger charge is 2.24. The van der Waals surface area contributed by atoms with Crippen LogP contribution in [0.5, 0.6) is 23.5 Å². The highest BCUT2D eigenvalue weighted by molar-refractivity contribution is 5.99. The summed E-state index contributed by atoms with van der Waals surface area (Å²) >= 11 is 0. The molecule has 0 bridgehead atoms. The normalized spacial score (nSPS) is 11.7. The monoisotopic (exact) mass is 430 g/mol. The van der Waals surface area contributed by atoms with Crippen LogP contribution in [0.1, 0.15) is 44.5 Å². The third kappa shape index (κ3) is 7.13. The lowest BCUT2D eigenvalue weighted by atomic mass is 10.0. The number of carbonyl (C=O) groups is 2. The van der Waals surface area contributed by atoms with Crippen molar-refractivity contribution < 1.29 is 23.8 Å².